The summed E-state index contributed by atoms with van der Waals surface area (Å²) in [5.41, 5.74) is 0.731. The van der Waals surface area contributed by atoms with Crippen molar-refractivity contribution in [2.75, 3.05) is 14.1 Å². The Labute approximate surface area is 156 Å². The Morgan fingerprint density at radius 2 is 1.42 bits per heavy atom. The van der Waals surface area contributed by atoms with Crippen LogP contribution in [0.5, 0.6) is 0 Å². The van der Waals surface area contributed by atoms with Gasteiger partial charge >= 0.3 is 5.97 Å². The Bertz CT molecular complexity index is 330. The molecule has 144 valence electrons. The zero-order valence-electron chi connectivity index (χ0n) is 16.6. The highest BCUT2D eigenvalue weighted by atomic mass is 35.5. The van der Waals surface area contributed by atoms with Gasteiger partial charge in [-0.25, -0.2) is 4.79 Å². The number of nitrogens with zero attached hydrogens (tertiary/aromatic N) is 1. The second kappa shape index (κ2) is 17.3. The molecule has 0 bridgehead atoms. The molecule has 0 saturated carbocycles. The molecule has 0 heterocycles. The molecule has 0 N–H and O–H groups in total. The Kier molecular flexibility index (Phi) is 18.5. The van der Waals surface area contributed by atoms with Gasteiger partial charge in [0.05, 0.1) is 0 Å². The minimum Gasteiger partial charge on any atom is -0.443 e. The van der Waals surface area contributed by atoms with Gasteiger partial charge < -0.3 is 4.74 Å². The lowest BCUT2D eigenvalue weighted by atomic mass is 10.1. The molecule has 24 heavy (non-hydrogen) atoms. The first kappa shape index (κ1) is 25.7. The summed E-state index contributed by atoms with van der Waals surface area (Å²) in [7, 11) is 3.81. The summed E-state index contributed by atoms with van der Waals surface area (Å²) in [4.78, 5) is 13.7. The Hall–Kier alpha value is -0.540. The highest BCUT2D eigenvalue weighted by Gasteiger charge is 2.12. The van der Waals surface area contributed by atoms with Crippen molar-refractivity contribution in [1.82, 2.24) is 4.90 Å². The minimum absolute atomic E-state index is 0. The summed E-state index contributed by atoms with van der Waals surface area (Å²) < 4.78 is 5.34. The lowest BCUT2D eigenvalue weighted by molar-refractivity contribution is -0.150. The van der Waals surface area contributed by atoms with E-state index in [1.165, 1.54) is 64.2 Å². The predicted molar refractivity (Wildman–Crippen MR) is 107 cm³/mol. The fourth-order valence-electron chi connectivity index (χ4n) is 2.39. The van der Waals surface area contributed by atoms with E-state index in [9.17, 15) is 4.79 Å². The molecule has 0 aromatic heterocycles. The van der Waals surface area contributed by atoms with E-state index in [4.69, 9.17) is 4.74 Å². The third-order valence-corrected chi connectivity index (χ3v) is 4.33. The van der Waals surface area contributed by atoms with Crippen LogP contribution in [0.1, 0.15) is 91.4 Å². The third kappa shape index (κ3) is 15.0. The molecule has 0 radical (unpaired) electrons. The van der Waals surface area contributed by atoms with Crippen LogP contribution in [0.15, 0.2) is 11.6 Å². The number of ether oxygens (including phenoxy) is 1. The predicted octanol–water partition coefficient (Wildman–Crippen LogP) is 6.12. The smallest absolute Gasteiger partial charge is 0.334 e. The normalized spacial score (nSPS) is 12.8. The van der Waals surface area contributed by atoms with Gasteiger partial charge in [0.2, 0.25) is 0 Å². The number of carbonyl (C=O) groups excluding carboxylic acids is 1. The average Bonchev–Trinajstić information content (AvgIpc) is 2.52. The van der Waals surface area contributed by atoms with Gasteiger partial charge in [0, 0.05) is 5.57 Å². The standard InChI is InChI=1S/C20H39NO2.ClH/c1-6-7-8-9-10-11-12-13-14-15-16-17-18(2)20(22)23-19(3)21(4)5;/h17,19H,6-16H2,1-5H3;1H. The van der Waals surface area contributed by atoms with E-state index >= 15 is 0 Å². The van der Waals surface area contributed by atoms with Crippen LogP contribution in [-0.2, 0) is 9.53 Å². The molecule has 4 heteroatoms. The van der Waals surface area contributed by atoms with E-state index in [1.54, 1.807) is 0 Å². The van der Waals surface area contributed by atoms with E-state index in [0.29, 0.717) is 0 Å². The van der Waals surface area contributed by atoms with Crippen LogP contribution in [0.25, 0.3) is 0 Å². The van der Waals surface area contributed by atoms with Crippen molar-refractivity contribution in [2.45, 2.75) is 97.6 Å². The van der Waals surface area contributed by atoms with Crippen molar-refractivity contribution in [2.24, 2.45) is 0 Å². The molecule has 3 nitrogen and oxygen atoms in total. The van der Waals surface area contributed by atoms with Crippen LogP contribution < -0.4 is 0 Å². The van der Waals surface area contributed by atoms with Gasteiger partial charge in [0.1, 0.15) is 0 Å². The van der Waals surface area contributed by atoms with Crippen LogP contribution in [-0.4, -0.2) is 31.2 Å². The Balaban J connectivity index is 0. The van der Waals surface area contributed by atoms with E-state index in [0.717, 1.165) is 12.0 Å². The van der Waals surface area contributed by atoms with Crippen molar-refractivity contribution in [3.8, 4) is 0 Å². The Morgan fingerprint density at radius 3 is 1.88 bits per heavy atom. The van der Waals surface area contributed by atoms with Crippen molar-refractivity contribution in [1.29, 1.82) is 0 Å². The van der Waals surface area contributed by atoms with Gasteiger partial charge in [-0.15, -0.1) is 12.4 Å². The van der Waals surface area contributed by atoms with Crippen molar-refractivity contribution >= 4 is 18.4 Å². The van der Waals surface area contributed by atoms with Crippen LogP contribution >= 0.6 is 12.4 Å². The van der Waals surface area contributed by atoms with Gasteiger partial charge in [0.25, 0.3) is 0 Å². The number of hydrogen-bond donors (Lipinski definition) is 0. The largest absolute Gasteiger partial charge is 0.443 e. The molecule has 0 rings (SSSR count). The van der Waals surface area contributed by atoms with Crippen LogP contribution in [0.3, 0.4) is 0 Å². The maximum Gasteiger partial charge on any atom is 0.334 e. The molecule has 0 fully saturated rings. The zero-order chi connectivity index (χ0) is 17.5. The second-order valence-corrected chi connectivity index (χ2v) is 6.83. The van der Waals surface area contributed by atoms with E-state index in [1.807, 2.05) is 38.9 Å². The monoisotopic (exact) mass is 361 g/mol. The molecule has 0 aromatic rings. The maximum absolute atomic E-state index is 11.9. The number of halogens is 1. The summed E-state index contributed by atoms with van der Waals surface area (Å²) in [5, 5.41) is 0. The summed E-state index contributed by atoms with van der Waals surface area (Å²) in [6.45, 7) is 5.99. The van der Waals surface area contributed by atoms with Gasteiger partial charge in [0.15, 0.2) is 6.23 Å². The van der Waals surface area contributed by atoms with Gasteiger partial charge in [-0.1, -0.05) is 70.8 Å². The number of carbonyl (C=O) groups is 1. The summed E-state index contributed by atoms with van der Waals surface area (Å²) >= 11 is 0. The molecule has 1 atom stereocenters. The molecule has 0 spiro atoms. The van der Waals surface area contributed by atoms with Crippen LogP contribution in [0.4, 0.5) is 0 Å². The number of allylic oxidation sites excluding steroid dienone is 1. The molecule has 0 aromatic carbocycles. The minimum atomic E-state index is -0.196. The molecule has 0 aliphatic carbocycles. The molecule has 0 aliphatic rings. The Morgan fingerprint density at radius 1 is 0.958 bits per heavy atom. The summed E-state index contributed by atoms with van der Waals surface area (Å²) in [6.07, 6.45) is 16.3. The van der Waals surface area contributed by atoms with Crippen molar-refractivity contribution in [3.05, 3.63) is 11.6 Å². The number of esters is 1. The van der Waals surface area contributed by atoms with Gasteiger partial charge in [-0.2, -0.15) is 0 Å². The first-order valence-electron chi connectivity index (χ1n) is 9.53. The zero-order valence-corrected chi connectivity index (χ0v) is 17.4. The summed E-state index contributed by atoms with van der Waals surface area (Å²) in [5.74, 6) is -0.196. The lowest BCUT2D eigenvalue weighted by Crippen LogP contribution is -2.30. The van der Waals surface area contributed by atoms with Gasteiger partial charge in [-0.05, 0) is 40.8 Å². The number of hydrogen-bond acceptors (Lipinski definition) is 3. The molecule has 0 aliphatic heterocycles. The quantitative estimate of drug-likeness (QED) is 0.161. The topological polar surface area (TPSA) is 29.5 Å². The SMILES string of the molecule is CCCCCCCCCCCCC=C(C)C(=O)OC(C)N(C)C.Cl. The van der Waals surface area contributed by atoms with Gasteiger partial charge in [-0.3, -0.25) is 4.90 Å². The third-order valence-electron chi connectivity index (χ3n) is 4.33. The van der Waals surface area contributed by atoms with E-state index in [2.05, 4.69) is 6.92 Å². The second-order valence-electron chi connectivity index (χ2n) is 6.83. The molecular formula is C20H40ClNO2. The number of rotatable bonds is 14. The van der Waals surface area contributed by atoms with Crippen molar-refractivity contribution < 1.29 is 9.53 Å². The highest BCUT2D eigenvalue weighted by Crippen LogP contribution is 2.12. The van der Waals surface area contributed by atoms with E-state index in [-0.39, 0.29) is 24.6 Å². The molecule has 1 unspecified atom stereocenters. The molecule has 0 amide bonds. The van der Waals surface area contributed by atoms with Crippen molar-refractivity contribution in [3.63, 3.8) is 0 Å². The first-order chi connectivity index (χ1) is 11.0. The van der Waals surface area contributed by atoms with E-state index < -0.39 is 0 Å². The fraction of sp³-hybridized carbons (Fsp3) is 0.850. The number of unbranched alkanes of at least 4 members (excludes halogenated alkanes) is 10. The fourth-order valence-corrected chi connectivity index (χ4v) is 2.39. The lowest BCUT2D eigenvalue weighted by Gasteiger charge is -2.19. The molecule has 0 saturated heterocycles. The first-order valence-corrected chi connectivity index (χ1v) is 9.53. The maximum atomic E-state index is 11.9. The summed E-state index contributed by atoms with van der Waals surface area (Å²) in [6, 6.07) is 0. The highest BCUT2D eigenvalue weighted by molar-refractivity contribution is 5.87. The van der Waals surface area contributed by atoms with Crippen LogP contribution in [0, 0.1) is 0 Å². The van der Waals surface area contributed by atoms with Crippen LogP contribution in [0.2, 0.25) is 0 Å². The average molecular weight is 362 g/mol. The molecular weight excluding hydrogens is 322 g/mol.